The van der Waals surface area contributed by atoms with Crippen molar-refractivity contribution in [3.05, 3.63) is 69.5 Å². The van der Waals surface area contributed by atoms with Crippen LogP contribution in [0.15, 0.2) is 42.5 Å². The molecule has 2 amide bonds. The number of halogens is 1. The minimum Gasteiger partial charge on any atom is -0.378 e. The number of hydrogen-bond donors (Lipinski definition) is 3. The van der Waals surface area contributed by atoms with Gasteiger partial charge >= 0.3 is 0 Å². The second-order valence-corrected chi connectivity index (χ2v) is 5.43. The number of carbonyl (C=O) groups excluding carboxylic acids is 2. The van der Waals surface area contributed by atoms with Gasteiger partial charge in [-0.25, -0.2) is 4.39 Å². The summed E-state index contributed by atoms with van der Waals surface area (Å²) in [5, 5.41) is 16.6. The minimum atomic E-state index is -0.757. The van der Waals surface area contributed by atoms with Crippen molar-refractivity contribution < 1.29 is 18.9 Å². The lowest BCUT2D eigenvalue weighted by Crippen LogP contribution is -2.30. The van der Waals surface area contributed by atoms with Crippen molar-refractivity contribution in [1.29, 1.82) is 0 Å². The van der Waals surface area contributed by atoms with E-state index in [-0.39, 0.29) is 48.2 Å². The van der Waals surface area contributed by atoms with Gasteiger partial charge in [-0.1, -0.05) is 12.1 Å². The predicted molar refractivity (Wildman–Crippen MR) is 93.2 cm³/mol. The monoisotopic (exact) mass is 360 g/mol. The summed E-state index contributed by atoms with van der Waals surface area (Å²) in [6.07, 6.45) is 0.105. The lowest BCUT2D eigenvalue weighted by Gasteiger charge is -2.09. The van der Waals surface area contributed by atoms with Gasteiger partial charge in [0, 0.05) is 24.7 Å². The lowest BCUT2D eigenvalue weighted by atomic mass is 10.1. The summed E-state index contributed by atoms with van der Waals surface area (Å²) in [5.41, 5.74) is 5.76. The van der Waals surface area contributed by atoms with Gasteiger partial charge in [-0.2, -0.15) is 0 Å². The summed E-state index contributed by atoms with van der Waals surface area (Å²) in [7, 11) is 0. The van der Waals surface area contributed by atoms with Crippen LogP contribution in [0.5, 0.6) is 0 Å². The molecule has 0 spiro atoms. The fraction of sp³-hybridized carbons (Fsp3) is 0.176. The van der Waals surface area contributed by atoms with Gasteiger partial charge in [0.15, 0.2) is 0 Å². The maximum atomic E-state index is 12.8. The number of nitro benzene ring substituents is 1. The normalized spacial score (nSPS) is 10.2. The highest BCUT2D eigenvalue weighted by Gasteiger charge is 2.16. The molecule has 0 aliphatic carbocycles. The highest BCUT2D eigenvalue weighted by Crippen LogP contribution is 2.25. The molecule has 2 aromatic carbocycles. The third kappa shape index (κ3) is 5.26. The standard InChI is InChI=1S/C17H17FN4O4/c18-13-4-1-11(2-5-13)9-16(23)21-8-7-20-14-6-3-12(17(19)24)10-15(14)22(25)26/h1-6,10,20H,7-9H2,(H2,19,24)(H,21,23). The van der Waals surface area contributed by atoms with E-state index < -0.39 is 10.8 Å². The maximum Gasteiger partial charge on any atom is 0.293 e. The van der Waals surface area contributed by atoms with E-state index in [0.29, 0.717) is 5.56 Å². The van der Waals surface area contributed by atoms with Crippen molar-refractivity contribution in [3.8, 4) is 0 Å². The first-order chi connectivity index (χ1) is 12.4. The van der Waals surface area contributed by atoms with Crippen molar-refractivity contribution in [2.45, 2.75) is 6.42 Å². The van der Waals surface area contributed by atoms with Gasteiger partial charge in [0.1, 0.15) is 11.5 Å². The first-order valence-electron chi connectivity index (χ1n) is 7.70. The zero-order valence-corrected chi connectivity index (χ0v) is 13.7. The molecule has 0 atom stereocenters. The number of nitrogens with two attached hydrogens (primary N) is 1. The molecule has 26 heavy (non-hydrogen) atoms. The average Bonchev–Trinajstić information content (AvgIpc) is 2.60. The van der Waals surface area contributed by atoms with Crippen molar-refractivity contribution in [2.75, 3.05) is 18.4 Å². The fourth-order valence-electron chi connectivity index (χ4n) is 2.23. The Kier molecular flexibility index (Phi) is 6.20. The van der Waals surface area contributed by atoms with Crippen LogP contribution in [0.25, 0.3) is 0 Å². The highest BCUT2D eigenvalue weighted by molar-refractivity contribution is 5.94. The number of nitrogens with one attached hydrogen (secondary N) is 2. The molecular weight excluding hydrogens is 343 g/mol. The van der Waals surface area contributed by atoms with Gasteiger partial charge in [0.05, 0.1) is 11.3 Å². The van der Waals surface area contributed by atoms with Gasteiger partial charge in [-0.3, -0.25) is 19.7 Å². The second kappa shape index (κ2) is 8.56. The Labute approximate surface area is 148 Å². The van der Waals surface area contributed by atoms with E-state index in [2.05, 4.69) is 10.6 Å². The number of primary amides is 1. The summed E-state index contributed by atoms with van der Waals surface area (Å²) in [6, 6.07) is 9.47. The molecule has 0 fully saturated rings. The molecule has 8 nitrogen and oxygen atoms in total. The summed E-state index contributed by atoms with van der Waals surface area (Å²) < 4.78 is 12.8. The molecule has 0 aliphatic rings. The number of nitrogens with zero attached hydrogens (tertiary/aromatic N) is 1. The molecule has 2 aromatic rings. The third-order valence-electron chi connectivity index (χ3n) is 3.52. The highest BCUT2D eigenvalue weighted by atomic mass is 19.1. The third-order valence-corrected chi connectivity index (χ3v) is 3.52. The van der Waals surface area contributed by atoms with E-state index >= 15 is 0 Å². The SMILES string of the molecule is NC(=O)c1ccc(NCCNC(=O)Cc2ccc(F)cc2)c([N+](=O)[O-])c1. The predicted octanol–water partition coefficient (Wildman–Crippen LogP) is 1.60. The molecule has 9 heteroatoms. The summed E-state index contributed by atoms with van der Waals surface area (Å²) in [6.45, 7) is 0.473. The molecule has 0 bridgehead atoms. The van der Waals surface area contributed by atoms with Gasteiger partial charge in [-0.05, 0) is 29.8 Å². The Hall–Kier alpha value is -3.49. The molecule has 4 N–H and O–H groups in total. The molecule has 136 valence electrons. The lowest BCUT2D eigenvalue weighted by molar-refractivity contribution is -0.384. The van der Waals surface area contributed by atoms with E-state index in [1.54, 1.807) is 0 Å². The van der Waals surface area contributed by atoms with E-state index in [1.807, 2.05) is 0 Å². The number of amides is 2. The van der Waals surface area contributed by atoms with Crippen LogP contribution in [0.4, 0.5) is 15.8 Å². The van der Waals surface area contributed by atoms with Crippen LogP contribution >= 0.6 is 0 Å². The molecule has 2 rings (SSSR count). The molecule has 0 radical (unpaired) electrons. The topological polar surface area (TPSA) is 127 Å². The molecule has 0 saturated carbocycles. The van der Waals surface area contributed by atoms with Crippen LogP contribution in [0, 0.1) is 15.9 Å². The van der Waals surface area contributed by atoms with Gasteiger partial charge < -0.3 is 16.4 Å². The van der Waals surface area contributed by atoms with Gasteiger partial charge in [0.25, 0.3) is 5.69 Å². The van der Waals surface area contributed by atoms with Gasteiger partial charge in [0.2, 0.25) is 11.8 Å². The van der Waals surface area contributed by atoms with Crippen LogP contribution in [0.3, 0.4) is 0 Å². The maximum absolute atomic E-state index is 12.8. The number of carbonyl (C=O) groups is 2. The number of hydrogen-bond acceptors (Lipinski definition) is 5. The summed E-state index contributed by atoms with van der Waals surface area (Å²) >= 11 is 0. The van der Waals surface area contributed by atoms with E-state index in [0.717, 1.165) is 6.07 Å². The molecule has 0 saturated heterocycles. The molecular formula is C17H17FN4O4. The largest absolute Gasteiger partial charge is 0.378 e. The van der Waals surface area contributed by atoms with Crippen LogP contribution < -0.4 is 16.4 Å². The Balaban J connectivity index is 1.85. The van der Waals surface area contributed by atoms with E-state index in [1.165, 1.54) is 36.4 Å². The van der Waals surface area contributed by atoms with Gasteiger partial charge in [-0.15, -0.1) is 0 Å². The summed E-state index contributed by atoms with van der Waals surface area (Å²) in [4.78, 5) is 33.4. The van der Waals surface area contributed by atoms with E-state index in [4.69, 9.17) is 5.73 Å². The zero-order chi connectivity index (χ0) is 19.1. The van der Waals surface area contributed by atoms with Crippen LogP contribution in [-0.2, 0) is 11.2 Å². The van der Waals surface area contributed by atoms with Crippen LogP contribution in [0.2, 0.25) is 0 Å². The van der Waals surface area contributed by atoms with Crippen molar-refractivity contribution in [3.63, 3.8) is 0 Å². The average molecular weight is 360 g/mol. The van der Waals surface area contributed by atoms with Crippen molar-refractivity contribution in [1.82, 2.24) is 5.32 Å². The van der Waals surface area contributed by atoms with E-state index in [9.17, 15) is 24.1 Å². The number of benzene rings is 2. The van der Waals surface area contributed by atoms with Crippen LogP contribution in [0.1, 0.15) is 15.9 Å². The molecule has 0 heterocycles. The first-order valence-corrected chi connectivity index (χ1v) is 7.70. The van der Waals surface area contributed by atoms with Crippen molar-refractivity contribution >= 4 is 23.2 Å². The number of anilines is 1. The Morgan fingerprint density at radius 1 is 1.12 bits per heavy atom. The number of nitro groups is 1. The Bertz CT molecular complexity index is 824. The quantitative estimate of drug-likeness (QED) is 0.374. The smallest absolute Gasteiger partial charge is 0.293 e. The Morgan fingerprint density at radius 2 is 1.81 bits per heavy atom. The zero-order valence-electron chi connectivity index (χ0n) is 13.7. The van der Waals surface area contributed by atoms with Crippen molar-refractivity contribution in [2.24, 2.45) is 5.73 Å². The Morgan fingerprint density at radius 3 is 2.42 bits per heavy atom. The van der Waals surface area contributed by atoms with Crippen LogP contribution in [-0.4, -0.2) is 29.8 Å². The molecule has 0 aromatic heterocycles. The number of rotatable bonds is 8. The molecule has 0 aliphatic heterocycles. The second-order valence-electron chi connectivity index (χ2n) is 5.43. The summed E-state index contributed by atoms with van der Waals surface area (Å²) in [5.74, 6) is -1.38. The molecule has 0 unspecified atom stereocenters. The first kappa shape index (κ1) is 18.8. The minimum absolute atomic E-state index is 0.0369. The fourth-order valence-corrected chi connectivity index (χ4v) is 2.23.